The van der Waals surface area contributed by atoms with Crippen LogP contribution in [-0.4, -0.2) is 27.8 Å². The van der Waals surface area contributed by atoms with Crippen molar-refractivity contribution in [2.45, 2.75) is 17.7 Å². The van der Waals surface area contributed by atoms with Gasteiger partial charge in [-0.25, -0.2) is 4.79 Å². The van der Waals surface area contributed by atoms with E-state index in [0.717, 1.165) is 0 Å². The lowest BCUT2D eigenvalue weighted by molar-refractivity contribution is 0.0697. The van der Waals surface area contributed by atoms with Gasteiger partial charge in [0.25, 0.3) is 0 Å². The molecule has 1 N–H and O–H groups in total. The Bertz CT molecular complexity index is 485. The third kappa shape index (κ3) is 3.54. The molecule has 0 spiro atoms. The van der Waals surface area contributed by atoms with Crippen LogP contribution in [0.2, 0.25) is 5.02 Å². The van der Waals surface area contributed by atoms with Gasteiger partial charge in [-0.1, -0.05) is 11.6 Å². The predicted octanol–water partition coefficient (Wildman–Crippen LogP) is 2.53. The Labute approximate surface area is 112 Å². The van der Waals surface area contributed by atoms with E-state index in [-0.39, 0.29) is 16.5 Å². The van der Waals surface area contributed by atoms with Gasteiger partial charge < -0.3 is 9.84 Å². The minimum Gasteiger partial charge on any atom is -0.478 e. The van der Waals surface area contributed by atoms with E-state index < -0.39 is 16.8 Å². The quantitative estimate of drug-likeness (QED) is 0.874. The third-order valence-electron chi connectivity index (χ3n) is 2.67. The number of rotatable bonds is 6. The third-order valence-corrected chi connectivity index (χ3v) is 4.16. The Morgan fingerprint density at radius 1 is 1.50 bits per heavy atom. The second kappa shape index (κ2) is 5.82. The maximum Gasteiger partial charge on any atom is 0.337 e. The first-order valence-electron chi connectivity index (χ1n) is 5.57. The Morgan fingerprint density at radius 3 is 2.83 bits per heavy atom. The zero-order chi connectivity index (χ0) is 13.1. The van der Waals surface area contributed by atoms with Crippen molar-refractivity contribution in [3.8, 4) is 0 Å². The zero-order valence-electron chi connectivity index (χ0n) is 9.60. The molecule has 0 bridgehead atoms. The Balaban J connectivity index is 2.00. The summed E-state index contributed by atoms with van der Waals surface area (Å²) >= 11 is 5.74. The van der Waals surface area contributed by atoms with Gasteiger partial charge >= 0.3 is 5.97 Å². The first-order valence-corrected chi connectivity index (χ1v) is 7.26. The molecule has 4 nitrogen and oxygen atoms in total. The van der Waals surface area contributed by atoms with Gasteiger partial charge in [0.1, 0.15) is 5.94 Å². The number of ether oxygens (including phenoxy) is 1. The van der Waals surface area contributed by atoms with E-state index in [9.17, 15) is 9.00 Å². The summed E-state index contributed by atoms with van der Waals surface area (Å²) in [6.07, 6.45) is 2.35. The molecule has 1 fully saturated rings. The number of hydrogen-bond donors (Lipinski definition) is 1. The lowest BCUT2D eigenvalue weighted by Gasteiger charge is -2.05. The standard InChI is InChI=1S/C12H13ClO4S/c13-11-4-3-9(5-10(11)12(14)15)18(16)7-17-6-8-1-2-8/h3-5,8H,1-2,6-7H2,(H,14,15). The maximum atomic E-state index is 11.9. The number of halogens is 1. The molecule has 0 aliphatic heterocycles. The molecule has 0 heterocycles. The van der Waals surface area contributed by atoms with Gasteiger partial charge in [-0.2, -0.15) is 0 Å². The summed E-state index contributed by atoms with van der Waals surface area (Å²) in [5.74, 6) is -0.420. The second-order valence-electron chi connectivity index (χ2n) is 4.22. The summed E-state index contributed by atoms with van der Waals surface area (Å²) in [6.45, 7) is 0.630. The first kappa shape index (κ1) is 13.5. The Morgan fingerprint density at radius 2 is 2.22 bits per heavy atom. The second-order valence-corrected chi connectivity index (χ2v) is 6.03. The van der Waals surface area contributed by atoms with E-state index in [2.05, 4.69) is 0 Å². The monoisotopic (exact) mass is 288 g/mol. The van der Waals surface area contributed by atoms with Crippen LogP contribution >= 0.6 is 11.6 Å². The average Bonchev–Trinajstić information content (AvgIpc) is 3.13. The van der Waals surface area contributed by atoms with Crippen molar-refractivity contribution >= 4 is 28.4 Å². The topological polar surface area (TPSA) is 63.6 Å². The van der Waals surface area contributed by atoms with Crippen molar-refractivity contribution in [1.82, 2.24) is 0 Å². The van der Waals surface area contributed by atoms with Crippen LogP contribution in [-0.2, 0) is 15.5 Å². The van der Waals surface area contributed by atoms with Crippen LogP contribution in [0.1, 0.15) is 23.2 Å². The lowest BCUT2D eigenvalue weighted by atomic mass is 10.2. The van der Waals surface area contributed by atoms with E-state index in [4.69, 9.17) is 21.4 Å². The number of carboxylic acid groups (broad SMARTS) is 1. The maximum absolute atomic E-state index is 11.9. The van der Waals surface area contributed by atoms with Crippen molar-refractivity contribution in [3.63, 3.8) is 0 Å². The van der Waals surface area contributed by atoms with Crippen molar-refractivity contribution in [3.05, 3.63) is 28.8 Å². The van der Waals surface area contributed by atoms with Gasteiger partial charge in [-0.15, -0.1) is 0 Å². The van der Waals surface area contributed by atoms with Crippen LogP contribution in [0.25, 0.3) is 0 Å². The largest absolute Gasteiger partial charge is 0.478 e. The molecule has 0 aromatic heterocycles. The predicted molar refractivity (Wildman–Crippen MR) is 68.4 cm³/mol. The number of carboxylic acids is 1. The smallest absolute Gasteiger partial charge is 0.337 e. The number of aromatic carboxylic acids is 1. The fourth-order valence-corrected chi connectivity index (χ4v) is 2.50. The molecule has 0 amide bonds. The molecule has 98 valence electrons. The average molecular weight is 289 g/mol. The van der Waals surface area contributed by atoms with E-state index in [1.807, 2.05) is 0 Å². The summed E-state index contributed by atoms with van der Waals surface area (Å²) in [7, 11) is -1.35. The van der Waals surface area contributed by atoms with E-state index in [1.54, 1.807) is 6.07 Å². The summed E-state index contributed by atoms with van der Waals surface area (Å²) in [6, 6.07) is 4.34. The van der Waals surface area contributed by atoms with Gasteiger partial charge in [0.05, 0.1) is 28.0 Å². The number of benzene rings is 1. The van der Waals surface area contributed by atoms with Crippen LogP contribution < -0.4 is 0 Å². The van der Waals surface area contributed by atoms with Crippen LogP contribution in [0.5, 0.6) is 0 Å². The van der Waals surface area contributed by atoms with Crippen LogP contribution in [0.15, 0.2) is 23.1 Å². The van der Waals surface area contributed by atoms with Gasteiger partial charge in [0, 0.05) is 4.90 Å². The summed E-state index contributed by atoms with van der Waals surface area (Å²) in [5, 5.41) is 9.06. The highest BCUT2D eigenvalue weighted by Gasteiger charge is 2.21. The molecule has 0 radical (unpaired) electrons. The highest BCUT2D eigenvalue weighted by Crippen LogP contribution is 2.29. The molecule has 6 heteroatoms. The van der Waals surface area contributed by atoms with Crippen molar-refractivity contribution in [1.29, 1.82) is 0 Å². The summed E-state index contributed by atoms with van der Waals surface area (Å²) < 4.78 is 17.2. The SMILES string of the molecule is O=C(O)c1cc(S(=O)COCC2CC2)ccc1Cl. The normalized spacial score (nSPS) is 16.5. The van der Waals surface area contributed by atoms with Crippen molar-refractivity contribution in [2.75, 3.05) is 12.5 Å². The molecule has 1 saturated carbocycles. The lowest BCUT2D eigenvalue weighted by Crippen LogP contribution is -2.06. The Kier molecular flexibility index (Phi) is 4.37. The molecule has 1 aromatic rings. The van der Waals surface area contributed by atoms with Gasteiger partial charge in [0.15, 0.2) is 0 Å². The number of hydrogen-bond acceptors (Lipinski definition) is 3. The van der Waals surface area contributed by atoms with Crippen molar-refractivity contribution in [2.24, 2.45) is 5.92 Å². The summed E-state index contributed by atoms with van der Waals surface area (Å²) in [4.78, 5) is 11.3. The van der Waals surface area contributed by atoms with E-state index in [1.165, 1.54) is 25.0 Å². The minimum absolute atomic E-state index is 0.0373. The van der Waals surface area contributed by atoms with Gasteiger partial charge in [0.2, 0.25) is 0 Å². The van der Waals surface area contributed by atoms with Gasteiger partial charge in [-0.05, 0) is 37.0 Å². The molecule has 1 aliphatic rings. The number of carbonyl (C=O) groups is 1. The van der Waals surface area contributed by atoms with Gasteiger partial charge in [-0.3, -0.25) is 4.21 Å². The van der Waals surface area contributed by atoms with E-state index in [0.29, 0.717) is 17.4 Å². The minimum atomic E-state index is -1.35. The molecular formula is C12H13ClO4S. The molecule has 1 unspecified atom stereocenters. The van der Waals surface area contributed by atoms with E-state index >= 15 is 0 Å². The molecule has 2 rings (SSSR count). The highest BCUT2D eigenvalue weighted by atomic mass is 35.5. The molecule has 1 atom stereocenters. The fourth-order valence-electron chi connectivity index (χ4n) is 1.45. The van der Waals surface area contributed by atoms with Crippen LogP contribution in [0.4, 0.5) is 0 Å². The first-order chi connectivity index (χ1) is 8.58. The fraction of sp³-hybridized carbons (Fsp3) is 0.417. The molecule has 18 heavy (non-hydrogen) atoms. The van der Waals surface area contributed by atoms with Crippen LogP contribution in [0.3, 0.4) is 0 Å². The van der Waals surface area contributed by atoms with Crippen molar-refractivity contribution < 1.29 is 18.8 Å². The molecule has 1 aromatic carbocycles. The molecule has 1 aliphatic carbocycles. The summed E-state index contributed by atoms with van der Waals surface area (Å²) in [5.41, 5.74) is -0.0373. The Hall–Kier alpha value is -0.910. The molecule has 0 saturated heterocycles. The van der Waals surface area contributed by atoms with Crippen LogP contribution in [0, 0.1) is 5.92 Å². The zero-order valence-corrected chi connectivity index (χ0v) is 11.2. The molecular weight excluding hydrogens is 276 g/mol. The highest BCUT2D eigenvalue weighted by molar-refractivity contribution is 7.84.